The Morgan fingerprint density at radius 2 is 2.20 bits per heavy atom. The molecule has 0 unspecified atom stereocenters. The highest BCUT2D eigenvalue weighted by Crippen LogP contribution is 2.34. The predicted molar refractivity (Wildman–Crippen MR) is 78.6 cm³/mol. The van der Waals surface area contributed by atoms with Crippen LogP contribution < -0.4 is 0 Å². The first-order valence-electron chi connectivity index (χ1n) is 7.06. The van der Waals surface area contributed by atoms with Crippen molar-refractivity contribution in [2.24, 2.45) is 0 Å². The number of rotatable bonds is 2. The van der Waals surface area contributed by atoms with Crippen molar-refractivity contribution in [2.75, 3.05) is 13.7 Å². The van der Waals surface area contributed by atoms with Crippen LogP contribution in [0.25, 0.3) is 10.9 Å². The Hall–Kier alpha value is -1.81. The second kappa shape index (κ2) is 4.94. The summed E-state index contributed by atoms with van der Waals surface area (Å²) in [7, 11) is 1.57. The van der Waals surface area contributed by atoms with E-state index in [-0.39, 0.29) is 18.1 Å². The lowest BCUT2D eigenvalue weighted by Crippen LogP contribution is -2.43. The molecule has 4 heteroatoms. The largest absolute Gasteiger partial charge is 0.372 e. The highest BCUT2D eigenvalue weighted by molar-refractivity contribution is 5.86. The molecule has 0 saturated heterocycles. The van der Waals surface area contributed by atoms with E-state index >= 15 is 0 Å². The number of ether oxygens (including phenoxy) is 1. The van der Waals surface area contributed by atoms with E-state index in [0.717, 1.165) is 24.2 Å². The lowest BCUT2D eigenvalue weighted by Gasteiger charge is -2.35. The van der Waals surface area contributed by atoms with Gasteiger partial charge in [-0.05, 0) is 31.9 Å². The third-order valence-electron chi connectivity index (χ3n) is 4.32. The smallest absolute Gasteiger partial charge is 0.251 e. The van der Waals surface area contributed by atoms with Crippen molar-refractivity contribution in [3.05, 3.63) is 35.5 Å². The zero-order valence-electron chi connectivity index (χ0n) is 12.1. The molecule has 1 N–H and O–H groups in total. The molecule has 2 aromatic rings. The van der Waals surface area contributed by atoms with Crippen LogP contribution in [0.4, 0.5) is 0 Å². The molecule has 0 aliphatic carbocycles. The maximum atomic E-state index is 12.4. The van der Waals surface area contributed by atoms with Gasteiger partial charge in [0, 0.05) is 30.3 Å². The Morgan fingerprint density at radius 1 is 1.45 bits per heavy atom. The molecular formula is C16H20N2O2. The minimum Gasteiger partial charge on any atom is -0.372 e. The highest BCUT2D eigenvalue weighted by Gasteiger charge is 2.32. The van der Waals surface area contributed by atoms with Crippen LogP contribution in [-0.2, 0) is 16.0 Å². The minimum atomic E-state index is -0.386. The number of benzene rings is 1. The van der Waals surface area contributed by atoms with Crippen LogP contribution in [0.1, 0.15) is 31.1 Å². The number of fused-ring (bicyclic) bond motifs is 3. The van der Waals surface area contributed by atoms with Gasteiger partial charge in [-0.15, -0.1) is 0 Å². The standard InChI is InChI=1S/C16H20N2O2/c1-10-15-13(12-6-4-5-7-14(12)17-15)8-9-18(10)16(19)11(2)20-3/h4-7,10-11,17H,8-9H2,1-3H3/t10-,11+/m1/s1. The fourth-order valence-electron chi connectivity index (χ4n) is 3.06. The third kappa shape index (κ3) is 1.91. The van der Waals surface area contributed by atoms with E-state index in [4.69, 9.17) is 4.74 Å². The summed E-state index contributed by atoms with van der Waals surface area (Å²) >= 11 is 0. The molecule has 1 aromatic carbocycles. The van der Waals surface area contributed by atoms with Crippen molar-refractivity contribution < 1.29 is 9.53 Å². The van der Waals surface area contributed by atoms with E-state index < -0.39 is 0 Å². The average Bonchev–Trinajstić information content (AvgIpc) is 2.86. The fourth-order valence-corrected chi connectivity index (χ4v) is 3.06. The molecule has 0 saturated carbocycles. The zero-order chi connectivity index (χ0) is 14.3. The number of carbonyl (C=O) groups is 1. The predicted octanol–water partition coefficient (Wildman–Crippen LogP) is 2.65. The van der Waals surface area contributed by atoms with Crippen LogP contribution in [0, 0.1) is 0 Å². The summed E-state index contributed by atoms with van der Waals surface area (Å²) in [5, 5.41) is 1.28. The third-order valence-corrected chi connectivity index (χ3v) is 4.32. The SMILES string of the molecule is CO[C@@H](C)C(=O)N1CCc2c([nH]c3ccccc23)[C@H]1C. The quantitative estimate of drug-likeness (QED) is 0.913. The van der Waals surface area contributed by atoms with Gasteiger partial charge in [-0.1, -0.05) is 18.2 Å². The monoisotopic (exact) mass is 272 g/mol. The van der Waals surface area contributed by atoms with Crippen LogP contribution in [0.5, 0.6) is 0 Å². The van der Waals surface area contributed by atoms with Crippen molar-refractivity contribution >= 4 is 16.8 Å². The lowest BCUT2D eigenvalue weighted by molar-refractivity contribution is -0.143. The Kier molecular flexibility index (Phi) is 3.26. The van der Waals surface area contributed by atoms with Gasteiger partial charge in [0.05, 0.1) is 6.04 Å². The van der Waals surface area contributed by atoms with Crippen LogP contribution in [0.3, 0.4) is 0 Å². The highest BCUT2D eigenvalue weighted by atomic mass is 16.5. The Bertz CT molecular complexity index is 647. The van der Waals surface area contributed by atoms with Gasteiger partial charge in [-0.3, -0.25) is 4.79 Å². The first-order valence-corrected chi connectivity index (χ1v) is 7.06. The van der Waals surface area contributed by atoms with Gasteiger partial charge in [0.25, 0.3) is 5.91 Å². The number of para-hydroxylation sites is 1. The summed E-state index contributed by atoms with van der Waals surface area (Å²) in [6.07, 6.45) is 0.509. The van der Waals surface area contributed by atoms with E-state index in [2.05, 4.69) is 30.1 Å². The molecule has 20 heavy (non-hydrogen) atoms. The summed E-state index contributed by atoms with van der Waals surface area (Å²) in [5.74, 6) is 0.0595. The van der Waals surface area contributed by atoms with Crippen molar-refractivity contribution in [2.45, 2.75) is 32.4 Å². The van der Waals surface area contributed by atoms with E-state index in [1.54, 1.807) is 14.0 Å². The number of aromatic nitrogens is 1. The summed E-state index contributed by atoms with van der Waals surface area (Å²) in [5.41, 5.74) is 3.66. The number of methoxy groups -OCH3 is 1. The Labute approximate surface area is 118 Å². The van der Waals surface area contributed by atoms with E-state index in [1.807, 2.05) is 11.0 Å². The normalized spacial score (nSPS) is 19.9. The molecule has 0 spiro atoms. The van der Waals surface area contributed by atoms with Crippen LogP contribution in [0.15, 0.2) is 24.3 Å². The molecular weight excluding hydrogens is 252 g/mol. The molecule has 4 nitrogen and oxygen atoms in total. The maximum absolute atomic E-state index is 12.4. The lowest BCUT2D eigenvalue weighted by atomic mass is 9.98. The molecule has 1 aliphatic heterocycles. The summed E-state index contributed by atoms with van der Waals surface area (Å²) in [4.78, 5) is 17.7. The number of carbonyl (C=O) groups excluding carboxylic acids is 1. The molecule has 1 amide bonds. The van der Waals surface area contributed by atoms with Crippen LogP contribution in [0.2, 0.25) is 0 Å². The van der Waals surface area contributed by atoms with Gasteiger partial charge >= 0.3 is 0 Å². The van der Waals surface area contributed by atoms with Gasteiger partial charge in [0.1, 0.15) is 6.10 Å². The second-order valence-electron chi connectivity index (χ2n) is 5.40. The summed E-state index contributed by atoms with van der Waals surface area (Å²) in [6.45, 7) is 4.63. The Balaban J connectivity index is 1.98. The first-order chi connectivity index (χ1) is 9.63. The molecule has 0 bridgehead atoms. The molecule has 1 aromatic heterocycles. The van der Waals surface area contributed by atoms with Gasteiger partial charge in [0.15, 0.2) is 0 Å². The number of amides is 1. The van der Waals surface area contributed by atoms with E-state index in [9.17, 15) is 4.79 Å². The molecule has 0 radical (unpaired) electrons. The van der Waals surface area contributed by atoms with Gasteiger partial charge in [-0.2, -0.15) is 0 Å². The zero-order valence-corrected chi connectivity index (χ0v) is 12.1. The molecule has 3 rings (SSSR count). The Morgan fingerprint density at radius 3 is 2.95 bits per heavy atom. The number of hydrogen-bond donors (Lipinski definition) is 1. The maximum Gasteiger partial charge on any atom is 0.251 e. The van der Waals surface area contributed by atoms with Crippen LogP contribution >= 0.6 is 0 Å². The van der Waals surface area contributed by atoms with E-state index in [0.29, 0.717) is 0 Å². The molecule has 2 heterocycles. The van der Waals surface area contributed by atoms with Gasteiger partial charge < -0.3 is 14.6 Å². The van der Waals surface area contributed by atoms with Crippen molar-refractivity contribution in [3.8, 4) is 0 Å². The number of aromatic amines is 1. The minimum absolute atomic E-state index is 0.0595. The van der Waals surface area contributed by atoms with Crippen molar-refractivity contribution in [1.29, 1.82) is 0 Å². The molecule has 0 fully saturated rings. The van der Waals surface area contributed by atoms with Gasteiger partial charge in [-0.25, -0.2) is 0 Å². The summed E-state index contributed by atoms with van der Waals surface area (Å²) in [6, 6.07) is 8.39. The van der Waals surface area contributed by atoms with Crippen molar-refractivity contribution in [3.63, 3.8) is 0 Å². The summed E-state index contributed by atoms with van der Waals surface area (Å²) < 4.78 is 5.16. The second-order valence-corrected chi connectivity index (χ2v) is 5.40. The first kappa shape index (κ1) is 13.2. The average molecular weight is 272 g/mol. The fraction of sp³-hybridized carbons (Fsp3) is 0.438. The van der Waals surface area contributed by atoms with E-state index in [1.165, 1.54) is 10.9 Å². The molecule has 2 atom stereocenters. The number of nitrogens with zero attached hydrogens (tertiary/aromatic N) is 1. The number of H-pyrrole nitrogens is 1. The molecule has 1 aliphatic rings. The van der Waals surface area contributed by atoms with Crippen LogP contribution in [-0.4, -0.2) is 35.5 Å². The van der Waals surface area contributed by atoms with Gasteiger partial charge in [0.2, 0.25) is 0 Å². The topological polar surface area (TPSA) is 45.3 Å². The number of hydrogen-bond acceptors (Lipinski definition) is 2. The number of nitrogens with one attached hydrogen (secondary N) is 1. The van der Waals surface area contributed by atoms with Crippen molar-refractivity contribution in [1.82, 2.24) is 9.88 Å². The molecule has 106 valence electrons.